The fourth-order valence-electron chi connectivity index (χ4n) is 4.31. The highest BCUT2D eigenvalue weighted by atomic mass is 16.6. The first-order chi connectivity index (χ1) is 18.9. The van der Waals surface area contributed by atoms with E-state index in [2.05, 4.69) is 16.7 Å². The Bertz CT molecular complexity index is 1440. The molecule has 3 rings (SSSR count). The van der Waals surface area contributed by atoms with E-state index in [9.17, 15) is 19.5 Å². The molecule has 0 spiro atoms. The quantitative estimate of drug-likeness (QED) is 0.242. The summed E-state index contributed by atoms with van der Waals surface area (Å²) in [6.45, 7) is 10.5. The number of nitrogens with one attached hydrogen (secondary N) is 2. The Balaban J connectivity index is 2.04. The number of amides is 3. The van der Waals surface area contributed by atoms with Crippen molar-refractivity contribution in [3.63, 3.8) is 0 Å². The van der Waals surface area contributed by atoms with Crippen LogP contribution in [0.1, 0.15) is 58.2 Å². The minimum Gasteiger partial charge on any atom is -0.507 e. The number of ether oxygens (including phenoxy) is 1. The van der Waals surface area contributed by atoms with Crippen LogP contribution in [0.3, 0.4) is 0 Å². The molecule has 0 heterocycles. The molecule has 8 heteroatoms. The standard InChI is InChI=1S/C32H37N3O5/c1-8-20(3)26(34-31(39)40-32(5,6)7)30(38)35(9-2)27(25-16-12-13-21(4)28(25)36)29(37)33-24-18-17-22-14-10-11-15-23(22)19-24/h2,10-20,26-27,36H,8H2,1,3-7H3,(H,33,37)(H,34,39). The molecule has 0 aromatic heterocycles. The maximum atomic E-state index is 14.0. The zero-order chi connectivity index (χ0) is 29.6. The van der Waals surface area contributed by atoms with E-state index in [0.717, 1.165) is 15.7 Å². The van der Waals surface area contributed by atoms with Crippen molar-refractivity contribution in [3.8, 4) is 18.2 Å². The Hall–Kier alpha value is -4.51. The first-order valence-corrected chi connectivity index (χ1v) is 13.2. The normalized spacial score (nSPS) is 13.4. The molecule has 3 unspecified atom stereocenters. The third-order valence-electron chi connectivity index (χ3n) is 6.61. The van der Waals surface area contributed by atoms with Crippen LogP contribution in [-0.4, -0.2) is 39.6 Å². The Labute approximate surface area is 235 Å². The zero-order valence-electron chi connectivity index (χ0n) is 23.8. The predicted octanol–water partition coefficient (Wildman–Crippen LogP) is 5.89. The van der Waals surface area contributed by atoms with Crippen molar-refractivity contribution in [1.82, 2.24) is 10.2 Å². The van der Waals surface area contributed by atoms with Crippen molar-refractivity contribution in [2.75, 3.05) is 5.32 Å². The number of anilines is 1. The van der Waals surface area contributed by atoms with Crippen molar-refractivity contribution in [1.29, 1.82) is 0 Å². The summed E-state index contributed by atoms with van der Waals surface area (Å²) in [6, 6.07) is 17.9. The molecule has 0 bridgehead atoms. The summed E-state index contributed by atoms with van der Waals surface area (Å²) < 4.78 is 5.38. The van der Waals surface area contributed by atoms with E-state index in [0.29, 0.717) is 17.7 Å². The highest BCUT2D eigenvalue weighted by Gasteiger charge is 2.39. The number of aryl methyl sites for hydroxylation is 1. The molecule has 0 fully saturated rings. The molecule has 0 aliphatic carbocycles. The van der Waals surface area contributed by atoms with Crippen LogP contribution in [0.15, 0.2) is 60.7 Å². The van der Waals surface area contributed by atoms with Crippen molar-refractivity contribution >= 4 is 34.4 Å². The van der Waals surface area contributed by atoms with Gasteiger partial charge in [-0.1, -0.05) is 75.2 Å². The van der Waals surface area contributed by atoms with Gasteiger partial charge in [-0.05, 0) is 62.1 Å². The van der Waals surface area contributed by atoms with Gasteiger partial charge in [-0.3, -0.25) is 14.5 Å². The number of para-hydroxylation sites is 1. The Morgan fingerprint density at radius 2 is 1.73 bits per heavy atom. The second-order valence-corrected chi connectivity index (χ2v) is 10.8. The van der Waals surface area contributed by atoms with Gasteiger partial charge in [-0.2, -0.15) is 0 Å². The van der Waals surface area contributed by atoms with Crippen LogP contribution in [0.25, 0.3) is 10.8 Å². The molecule has 3 amide bonds. The van der Waals surface area contributed by atoms with E-state index in [4.69, 9.17) is 11.2 Å². The molecule has 8 nitrogen and oxygen atoms in total. The lowest BCUT2D eigenvalue weighted by Gasteiger charge is -2.32. The van der Waals surface area contributed by atoms with Crippen molar-refractivity contribution in [2.45, 2.75) is 65.6 Å². The van der Waals surface area contributed by atoms with Gasteiger partial charge >= 0.3 is 6.09 Å². The zero-order valence-corrected chi connectivity index (χ0v) is 23.8. The van der Waals surface area contributed by atoms with E-state index in [1.54, 1.807) is 58.9 Å². The molecular formula is C32H37N3O5. The number of carbonyl (C=O) groups excluding carboxylic acids is 3. The van der Waals surface area contributed by atoms with E-state index in [1.807, 2.05) is 43.3 Å². The monoisotopic (exact) mass is 543 g/mol. The number of phenolic OH excluding ortho intramolecular Hbond substituents is 1. The van der Waals surface area contributed by atoms with Crippen LogP contribution in [0.2, 0.25) is 0 Å². The first-order valence-electron chi connectivity index (χ1n) is 13.2. The van der Waals surface area contributed by atoms with Gasteiger partial charge in [-0.25, -0.2) is 4.79 Å². The van der Waals surface area contributed by atoms with Gasteiger partial charge in [0.25, 0.3) is 11.8 Å². The summed E-state index contributed by atoms with van der Waals surface area (Å²) >= 11 is 0. The number of hydrogen-bond donors (Lipinski definition) is 3. The van der Waals surface area contributed by atoms with E-state index in [-0.39, 0.29) is 17.2 Å². The molecule has 0 saturated heterocycles. The van der Waals surface area contributed by atoms with Crippen molar-refractivity contribution in [3.05, 3.63) is 71.8 Å². The highest BCUT2D eigenvalue weighted by Crippen LogP contribution is 2.33. The number of terminal acetylenes is 1. The highest BCUT2D eigenvalue weighted by molar-refractivity contribution is 6.01. The molecule has 3 aromatic carbocycles. The van der Waals surface area contributed by atoms with E-state index >= 15 is 0 Å². The van der Waals surface area contributed by atoms with Gasteiger partial charge in [0.15, 0.2) is 6.04 Å². The van der Waals surface area contributed by atoms with Crippen molar-refractivity contribution in [2.24, 2.45) is 5.92 Å². The van der Waals surface area contributed by atoms with Crippen LogP contribution < -0.4 is 10.6 Å². The number of phenols is 1. The number of alkyl carbamates (subject to hydrolysis) is 1. The molecule has 40 heavy (non-hydrogen) atoms. The van der Waals surface area contributed by atoms with Crippen LogP contribution >= 0.6 is 0 Å². The van der Waals surface area contributed by atoms with Gasteiger partial charge in [0.2, 0.25) is 0 Å². The fourth-order valence-corrected chi connectivity index (χ4v) is 4.31. The molecule has 210 valence electrons. The Morgan fingerprint density at radius 1 is 1.05 bits per heavy atom. The summed E-state index contributed by atoms with van der Waals surface area (Å²) in [7, 11) is 0. The largest absolute Gasteiger partial charge is 0.507 e. The second kappa shape index (κ2) is 12.6. The Morgan fingerprint density at radius 3 is 2.35 bits per heavy atom. The van der Waals surface area contributed by atoms with Gasteiger partial charge in [-0.15, -0.1) is 0 Å². The number of fused-ring (bicyclic) bond motifs is 1. The number of benzene rings is 3. The van der Waals surface area contributed by atoms with Gasteiger partial charge in [0, 0.05) is 17.3 Å². The molecular weight excluding hydrogens is 506 g/mol. The fraction of sp³-hybridized carbons (Fsp3) is 0.344. The maximum Gasteiger partial charge on any atom is 0.408 e. The predicted molar refractivity (Wildman–Crippen MR) is 156 cm³/mol. The maximum absolute atomic E-state index is 14.0. The minimum absolute atomic E-state index is 0.157. The van der Waals surface area contributed by atoms with Gasteiger partial charge in [0.05, 0.1) is 0 Å². The van der Waals surface area contributed by atoms with Crippen LogP contribution in [0.4, 0.5) is 10.5 Å². The number of rotatable bonds is 8. The smallest absolute Gasteiger partial charge is 0.408 e. The molecule has 0 saturated carbocycles. The van der Waals surface area contributed by atoms with Gasteiger partial charge < -0.3 is 20.5 Å². The molecule has 3 N–H and O–H groups in total. The van der Waals surface area contributed by atoms with Crippen LogP contribution in [0.5, 0.6) is 5.75 Å². The van der Waals surface area contributed by atoms with E-state index < -0.39 is 35.6 Å². The number of hydrogen-bond acceptors (Lipinski definition) is 5. The topological polar surface area (TPSA) is 108 Å². The second-order valence-electron chi connectivity index (χ2n) is 10.8. The minimum atomic E-state index is -1.39. The molecule has 3 aromatic rings. The summed E-state index contributed by atoms with van der Waals surface area (Å²) in [5, 5.41) is 18.3. The number of carbonyl (C=O) groups is 3. The third kappa shape index (κ3) is 7.11. The van der Waals surface area contributed by atoms with Crippen LogP contribution in [-0.2, 0) is 14.3 Å². The lowest BCUT2D eigenvalue weighted by molar-refractivity contribution is -0.137. The summed E-state index contributed by atoms with van der Waals surface area (Å²) in [6.07, 6.45) is 5.62. The first kappa shape index (κ1) is 30.0. The lowest BCUT2D eigenvalue weighted by Crippen LogP contribution is -2.53. The van der Waals surface area contributed by atoms with E-state index in [1.165, 1.54) is 0 Å². The molecule has 0 radical (unpaired) electrons. The van der Waals surface area contributed by atoms with Crippen molar-refractivity contribution < 1.29 is 24.2 Å². The lowest BCUT2D eigenvalue weighted by atomic mass is 9.95. The SMILES string of the molecule is C#CN(C(=O)C(NC(=O)OC(C)(C)C)C(C)CC)C(C(=O)Nc1ccc2ccccc2c1)c1cccc(C)c1O. The summed E-state index contributed by atoms with van der Waals surface area (Å²) in [4.78, 5) is 41.4. The number of aromatic hydroxyl groups is 1. The van der Waals surface area contributed by atoms with Crippen LogP contribution in [0, 0.1) is 25.3 Å². The molecule has 0 aliphatic rings. The summed E-state index contributed by atoms with van der Waals surface area (Å²) in [5.41, 5.74) is 0.380. The molecule has 0 aliphatic heterocycles. The molecule has 3 atom stereocenters. The average molecular weight is 544 g/mol. The Kier molecular flexibility index (Phi) is 9.43. The summed E-state index contributed by atoms with van der Waals surface area (Å²) in [5.74, 6) is -1.80. The average Bonchev–Trinajstić information content (AvgIpc) is 2.90. The van der Waals surface area contributed by atoms with Gasteiger partial charge in [0.1, 0.15) is 17.4 Å². The number of nitrogens with zero attached hydrogens (tertiary/aromatic N) is 1. The third-order valence-corrected chi connectivity index (χ3v) is 6.61.